The van der Waals surface area contributed by atoms with Crippen LogP contribution in [0.3, 0.4) is 0 Å². The number of rotatable bonds is 8. The molecule has 0 bridgehead atoms. The molecule has 1 aliphatic rings. The van der Waals surface area contributed by atoms with Crippen LogP contribution in [0.4, 0.5) is 11.4 Å². The Morgan fingerprint density at radius 2 is 1.74 bits per heavy atom. The van der Waals surface area contributed by atoms with E-state index in [1.54, 1.807) is 0 Å². The van der Waals surface area contributed by atoms with Crippen molar-refractivity contribution >= 4 is 40.6 Å². The summed E-state index contributed by atoms with van der Waals surface area (Å²) in [7, 11) is 1.95. The highest BCUT2D eigenvalue weighted by atomic mass is 35.5. The van der Waals surface area contributed by atoms with E-state index in [2.05, 4.69) is 64.2 Å². The number of thioether (sulfide) groups is 1. The Bertz CT molecular complexity index is 1110. The monoisotopic (exact) mass is 498 g/mol. The van der Waals surface area contributed by atoms with Gasteiger partial charge in [-0.25, -0.2) is 0 Å². The lowest BCUT2D eigenvalue weighted by molar-refractivity contribution is -0.128. The molecule has 34 heavy (non-hydrogen) atoms. The Balaban J connectivity index is 1.32. The summed E-state index contributed by atoms with van der Waals surface area (Å²) in [5, 5.41) is 10.2. The summed E-state index contributed by atoms with van der Waals surface area (Å²) in [4.78, 5) is 19.3. The maximum Gasteiger partial charge on any atom is 0.233 e. The molecule has 2 heterocycles. The van der Waals surface area contributed by atoms with Crippen molar-refractivity contribution in [3.05, 3.63) is 53.6 Å². The van der Waals surface area contributed by atoms with Gasteiger partial charge in [-0.05, 0) is 56.3 Å². The van der Waals surface area contributed by atoms with Crippen LogP contribution in [-0.4, -0.2) is 70.6 Å². The van der Waals surface area contributed by atoms with Crippen molar-refractivity contribution in [1.82, 2.24) is 19.7 Å². The Morgan fingerprint density at radius 1 is 1.03 bits per heavy atom. The third kappa shape index (κ3) is 5.50. The largest absolute Gasteiger partial charge is 0.372 e. The van der Waals surface area contributed by atoms with Gasteiger partial charge in [0.2, 0.25) is 5.91 Å². The zero-order valence-corrected chi connectivity index (χ0v) is 21.5. The van der Waals surface area contributed by atoms with Crippen molar-refractivity contribution in [1.29, 1.82) is 0 Å². The summed E-state index contributed by atoms with van der Waals surface area (Å²) >= 11 is 7.56. The van der Waals surface area contributed by atoms with Crippen molar-refractivity contribution < 1.29 is 4.79 Å². The first kappa shape index (κ1) is 24.4. The van der Waals surface area contributed by atoms with E-state index >= 15 is 0 Å². The van der Waals surface area contributed by atoms with Crippen LogP contribution in [-0.2, 0) is 11.8 Å². The first-order valence-corrected chi connectivity index (χ1v) is 13.0. The van der Waals surface area contributed by atoms with Crippen molar-refractivity contribution in [2.24, 2.45) is 7.05 Å². The number of amides is 1. The topological polar surface area (TPSA) is 57.5 Å². The average Bonchev–Trinajstić information content (AvgIpc) is 3.24. The van der Waals surface area contributed by atoms with Crippen LogP contribution in [0.5, 0.6) is 0 Å². The van der Waals surface area contributed by atoms with Crippen LogP contribution in [0.2, 0.25) is 5.02 Å². The third-order valence-corrected chi connectivity index (χ3v) is 7.46. The number of carbonyl (C=O) groups excluding carboxylic acids is 1. The zero-order chi connectivity index (χ0) is 24.1. The molecule has 7 nitrogen and oxygen atoms in total. The van der Waals surface area contributed by atoms with Gasteiger partial charge in [-0.15, -0.1) is 10.2 Å². The van der Waals surface area contributed by atoms with Gasteiger partial charge in [0.1, 0.15) is 0 Å². The number of nitrogens with zero attached hydrogens (tertiary/aromatic N) is 6. The highest BCUT2D eigenvalue weighted by Crippen LogP contribution is 2.26. The summed E-state index contributed by atoms with van der Waals surface area (Å²) in [6, 6.07) is 16.3. The number of halogens is 1. The van der Waals surface area contributed by atoms with Crippen LogP contribution in [0.25, 0.3) is 11.4 Å². The van der Waals surface area contributed by atoms with Gasteiger partial charge in [-0.2, -0.15) is 0 Å². The highest BCUT2D eigenvalue weighted by Gasteiger charge is 2.22. The number of benzene rings is 2. The quantitative estimate of drug-likeness (QED) is 0.428. The van der Waals surface area contributed by atoms with E-state index in [0.717, 1.165) is 53.4 Å². The van der Waals surface area contributed by atoms with Crippen LogP contribution in [0.15, 0.2) is 53.7 Å². The van der Waals surface area contributed by atoms with Gasteiger partial charge in [0.05, 0.1) is 5.75 Å². The summed E-state index contributed by atoms with van der Waals surface area (Å²) in [5.41, 5.74) is 3.32. The SMILES string of the molecule is CCN(CC)c1ccc(-c2nnc(SCC(=O)N3CCN(c4cccc(Cl)c4)CC3)n2C)cc1. The fourth-order valence-corrected chi connectivity index (χ4v) is 5.20. The van der Waals surface area contributed by atoms with Crippen molar-refractivity contribution in [2.75, 3.05) is 54.8 Å². The lowest BCUT2D eigenvalue weighted by atomic mass is 10.2. The van der Waals surface area contributed by atoms with Gasteiger partial charge in [-0.3, -0.25) is 4.79 Å². The van der Waals surface area contributed by atoms with Crippen LogP contribution in [0, 0.1) is 0 Å². The van der Waals surface area contributed by atoms with Crippen LogP contribution >= 0.6 is 23.4 Å². The molecule has 0 saturated carbocycles. The Morgan fingerprint density at radius 3 is 2.38 bits per heavy atom. The number of hydrogen-bond acceptors (Lipinski definition) is 6. The van der Waals surface area contributed by atoms with Crippen molar-refractivity contribution in [3.8, 4) is 11.4 Å². The van der Waals surface area contributed by atoms with Crippen LogP contribution in [0.1, 0.15) is 13.8 Å². The van der Waals surface area contributed by atoms with E-state index in [1.165, 1.54) is 17.4 Å². The lowest BCUT2D eigenvalue weighted by Gasteiger charge is -2.36. The molecule has 0 spiro atoms. The second-order valence-electron chi connectivity index (χ2n) is 8.22. The molecule has 0 radical (unpaired) electrons. The van der Waals surface area contributed by atoms with Gasteiger partial charge < -0.3 is 19.3 Å². The van der Waals surface area contributed by atoms with Gasteiger partial charge in [-0.1, -0.05) is 29.4 Å². The molecule has 1 aliphatic heterocycles. The van der Waals surface area contributed by atoms with Crippen molar-refractivity contribution in [3.63, 3.8) is 0 Å². The molecule has 9 heteroatoms. The maximum atomic E-state index is 12.8. The number of piperazine rings is 1. The summed E-state index contributed by atoms with van der Waals surface area (Å²) in [5.74, 6) is 1.28. The first-order valence-electron chi connectivity index (χ1n) is 11.7. The molecule has 3 aromatic rings. The number of aromatic nitrogens is 3. The van der Waals surface area contributed by atoms with E-state index in [9.17, 15) is 4.79 Å². The molecular formula is C25H31ClN6OS. The Hall–Kier alpha value is -2.71. The van der Waals surface area contributed by atoms with E-state index in [0.29, 0.717) is 18.8 Å². The summed E-state index contributed by atoms with van der Waals surface area (Å²) in [6.07, 6.45) is 0. The van der Waals surface area contributed by atoms with Crippen molar-refractivity contribution in [2.45, 2.75) is 19.0 Å². The Kier molecular flexibility index (Phi) is 8.00. The molecule has 1 fully saturated rings. The lowest BCUT2D eigenvalue weighted by Crippen LogP contribution is -2.49. The highest BCUT2D eigenvalue weighted by molar-refractivity contribution is 7.99. The zero-order valence-electron chi connectivity index (χ0n) is 19.9. The molecule has 180 valence electrons. The number of anilines is 2. The normalized spacial score (nSPS) is 13.9. The van der Waals surface area contributed by atoms with Gasteiger partial charge >= 0.3 is 0 Å². The molecule has 1 aromatic heterocycles. The molecular weight excluding hydrogens is 468 g/mol. The molecule has 4 rings (SSSR count). The second-order valence-corrected chi connectivity index (χ2v) is 9.60. The third-order valence-electron chi connectivity index (χ3n) is 6.22. The van der Waals surface area contributed by atoms with E-state index < -0.39 is 0 Å². The summed E-state index contributed by atoms with van der Waals surface area (Å²) in [6.45, 7) is 9.27. The van der Waals surface area contributed by atoms with E-state index in [-0.39, 0.29) is 5.91 Å². The van der Waals surface area contributed by atoms with E-state index in [1.807, 2.05) is 34.7 Å². The fraction of sp³-hybridized carbons (Fsp3) is 0.400. The minimum absolute atomic E-state index is 0.129. The standard InChI is InChI=1S/C25H31ClN6OS/c1-4-30(5-2)21-11-9-19(10-12-21)24-27-28-25(29(24)3)34-18-23(33)32-15-13-31(14-16-32)22-8-6-7-20(26)17-22/h6-12,17H,4-5,13-16,18H2,1-3H3. The number of carbonyl (C=O) groups is 1. The molecule has 0 atom stereocenters. The van der Waals surface area contributed by atoms with Gasteiger partial charge in [0, 0.05) is 68.3 Å². The fourth-order valence-electron chi connectivity index (χ4n) is 4.21. The minimum Gasteiger partial charge on any atom is -0.372 e. The van der Waals surface area contributed by atoms with Gasteiger partial charge in [0.25, 0.3) is 0 Å². The molecule has 2 aromatic carbocycles. The summed E-state index contributed by atoms with van der Waals surface area (Å²) < 4.78 is 1.96. The predicted molar refractivity (Wildman–Crippen MR) is 141 cm³/mol. The van der Waals surface area contributed by atoms with Crippen LogP contribution < -0.4 is 9.80 Å². The predicted octanol–water partition coefficient (Wildman–Crippen LogP) is 4.42. The molecule has 0 unspecified atom stereocenters. The Labute approximate surface area is 210 Å². The average molecular weight is 499 g/mol. The van der Waals surface area contributed by atoms with Gasteiger partial charge in [0.15, 0.2) is 11.0 Å². The van der Waals surface area contributed by atoms with E-state index in [4.69, 9.17) is 11.6 Å². The molecule has 0 N–H and O–H groups in total. The second kappa shape index (κ2) is 11.1. The molecule has 1 amide bonds. The molecule has 0 aliphatic carbocycles. The number of hydrogen-bond donors (Lipinski definition) is 0. The molecule has 1 saturated heterocycles. The first-order chi connectivity index (χ1) is 16.5. The maximum absolute atomic E-state index is 12.8. The smallest absolute Gasteiger partial charge is 0.233 e. The minimum atomic E-state index is 0.129.